The first kappa shape index (κ1) is 14.0. The lowest BCUT2D eigenvalue weighted by atomic mass is 10.1. The Morgan fingerprint density at radius 2 is 2.16 bits per heavy atom. The van der Waals surface area contributed by atoms with Gasteiger partial charge in [-0.3, -0.25) is 4.79 Å². The zero-order valence-corrected chi connectivity index (χ0v) is 11.1. The molecule has 3 N–H and O–H groups in total. The first-order valence-corrected chi connectivity index (χ1v) is 6.93. The van der Waals surface area contributed by atoms with Gasteiger partial charge in [0.05, 0.1) is 0 Å². The molecule has 1 aliphatic rings. The fourth-order valence-electron chi connectivity index (χ4n) is 2.59. The zero-order valence-electron chi connectivity index (χ0n) is 11.1. The van der Waals surface area contributed by atoms with Gasteiger partial charge in [0.2, 0.25) is 5.91 Å². The molecule has 1 amide bonds. The van der Waals surface area contributed by atoms with E-state index in [1.807, 2.05) is 6.07 Å². The summed E-state index contributed by atoms with van der Waals surface area (Å²) in [5.41, 5.74) is 6.48. The largest absolute Gasteiger partial charge is 0.353 e. The highest BCUT2D eigenvalue weighted by Gasteiger charge is 2.22. The Bertz CT molecular complexity index is 436. The molecule has 1 aromatic rings. The molecule has 0 aromatic heterocycles. The number of hydrogen-bond donors (Lipinski definition) is 2. The normalized spacial score (nSPS) is 22.4. The Kier molecular flexibility index (Phi) is 4.91. The van der Waals surface area contributed by atoms with E-state index in [1.54, 1.807) is 12.1 Å². The van der Waals surface area contributed by atoms with Crippen LogP contribution in [0.25, 0.3) is 0 Å². The summed E-state index contributed by atoms with van der Waals surface area (Å²) in [5, 5.41) is 3.00. The van der Waals surface area contributed by atoms with Crippen molar-refractivity contribution in [2.45, 2.75) is 50.6 Å². The van der Waals surface area contributed by atoms with Crippen molar-refractivity contribution < 1.29 is 9.18 Å². The van der Waals surface area contributed by atoms with Gasteiger partial charge in [0.25, 0.3) is 0 Å². The van der Waals surface area contributed by atoms with Crippen molar-refractivity contribution >= 4 is 5.91 Å². The van der Waals surface area contributed by atoms with Gasteiger partial charge >= 0.3 is 0 Å². The number of nitrogens with one attached hydrogen (secondary N) is 1. The van der Waals surface area contributed by atoms with Gasteiger partial charge in [0.15, 0.2) is 0 Å². The molecule has 2 rings (SSSR count). The number of benzene rings is 1. The predicted molar refractivity (Wildman–Crippen MR) is 73.1 cm³/mol. The van der Waals surface area contributed by atoms with Gasteiger partial charge in [0.1, 0.15) is 5.82 Å². The van der Waals surface area contributed by atoms with Crippen molar-refractivity contribution in [1.29, 1.82) is 0 Å². The zero-order chi connectivity index (χ0) is 13.7. The Morgan fingerprint density at radius 3 is 2.84 bits per heavy atom. The summed E-state index contributed by atoms with van der Waals surface area (Å²) in [7, 11) is 0. The number of amides is 1. The summed E-state index contributed by atoms with van der Waals surface area (Å²) in [5.74, 6) is -0.139. The lowest BCUT2D eigenvalue weighted by Gasteiger charge is -2.12. The minimum absolute atomic E-state index is 0.0513. The highest BCUT2D eigenvalue weighted by molar-refractivity contribution is 5.76. The number of hydrogen-bond acceptors (Lipinski definition) is 2. The molecule has 4 heteroatoms. The van der Waals surface area contributed by atoms with Crippen LogP contribution in [-0.2, 0) is 11.2 Å². The number of halogens is 1. The van der Waals surface area contributed by atoms with Gasteiger partial charge in [-0.2, -0.15) is 0 Å². The predicted octanol–water partition coefficient (Wildman–Crippen LogP) is 2.14. The number of nitrogens with two attached hydrogens (primary N) is 1. The molecule has 104 valence electrons. The van der Waals surface area contributed by atoms with Crippen molar-refractivity contribution in [2.75, 3.05) is 0 Å². The Balaban J connectivity index is 1.68. The second-order valence-corrected chi connectivity index (χ2v) is 5.28. The van der Waals surface area contributed by atoms with Crippen LogP contribution in [0.5, 0.6) is 0 Å². The number of rotatable bonds is 5. The lowest BCUT2D eigenvalue weighted by Crippen LogP contribution is -2.33. The van der Waals surface area contributed by atoms with Crippen molar-refractivity contribution in [2.24, 2.45) is 5.73 Å². The van der Waals surface area contributed by atoms with Gasteiger partial charge in [-0.25, -0.2) is 4.39 Å². The first-order chi connectivity index (χ1) is 9.15. The third-order valence-corrected chi connectivity index (χ3v) is 3.65. The van der Waals surface area contributed by atoms with Crippen molar-refractivity contribution in [3.05, 3.63) is 35.6 Å². The molecule has 2 unspecified atom stereocenters. The van der Waals surface area contributed by atoms with Crippen molar-refractivity contribution in [3.8, 4) is 0 Å². The SMILES string of the molecule is NC1CCC(NC(=O)CCCc2ccccc2F)C1. The average molecular weight is 264 g/mol. The van der Waals surface area contributed by atoms with Crippen LogP contribution < -0.4 is 11.1 Å². The third-order valence-electron chi connectivity index (χ3n) is 3.65. The van der Waals surface area contributed by atoms with E-state index >= 15 is 0 Å². The molecule has 0 bridgehead atoms. The van der Waals surface area contributed by atoms with Crippen LogP contribution in [-0.4, -0.2) is 18.0 Å². The van der Waals surface area contributed by atoms with E-state index in [4.69, 9.17) is 5.73 Å². The Labute approximate surface area is 113 Å². The maximum atomic E-state index is 13.4. The summed E-state index contributed by atoms with van der Waals surface area (Å²) in [4.78, 5) is 11.7. The van der Waals surface area contributed by atoms with E-state index in [2.05, 4.69) is 5.32 Å². The van der Waals surface area contributed by atoms with Crippen LogP contribution in [0.1, 0.15) is 37.7 Å². The lowest BCUT2D eigenvalue weighted by molar-refractivity contribution is -0.121. The standard InChI is InChI=1S/C15H21FN2O/c16-14-6-2-1-4-11(14)5-3-7-15(19)18-13-9-8-12(17)10-13/h1-2,4,6,12-13H,3,5,7-10,17H2,(H,18,19). The van der Waals surface area contributed by atoms with E-state index in [-0.39, 0.29) is 23.8 Å². The molecule has 0 spiro atoms. The molecule has 3 nitrogen and oxygen atoms in total. The minimum Gasteiger partial charge on any atom is -0.353 e. The van der Waals surface area contributed by atoms with E-state index in [1.165, 1.54) is 6.07 Å². The molecular formula is C15H21FN2O. The molecule has 1 aromatic carbocycles. The van der Waals surface area contributed by atoms with Gasteiger partial charge in [-0.15, -0.1) is 0 Å². The van der Waals surface area contributed by atoms with Crippen molar-refractivity contribution in [1.82, 2.24) is 5.32 Å². The number of carbonyl (C=O) groups is 1. The molecule has 0 heterocycles. The minimum atomic E-state index is -0.190. The van der Waals surface area contributed by atoms with Crippen LogP contribution in [0.4, 0.5) is 4.39 Å². The molecule has 0 radical (unpaired) electrons. The van der Waals surface area contributed by atoms with Gasteiger partial charge in [-0.05, 0) is 43.7 Å². The molecule has 0 aliphatic heterocycles. The first-order valence-electron chi connectivity index (χ1n) is 6.93. The highest BCUT2D eigenvalue weighted by atomic mass is 19.1. The summed E-state index contributed by atoms with van der Waals surface area (Å²) >= 11 is 0. The van der Waals surface area contributed by atoms with Gasteiger partial charge < -0.3 is 11.1 Å². The summed E-state index contributed by atoms with van der Waals surface area (Å²) < 4.78 is 13.4. The third kappa shape index (κ3) is 4.31. The van der Waals surface area contributed by atoms with Gasteiger partial charge in [0, 0.05) is 18.5 Å². The van der Waals surface area contributed by atoms with Gasteiger partial charge in [-0.1, -0.05) is 18.2 Å². The summed E-state index contributed by atoms with van der Waals surface area (Å²) in [6.45, 7) is 0. The van der Waals surface area contributed by atoms with Crippen LogP contribution in [0, 0.1) is 5.82 Å². The van der Waals surface area contributed by atoms with Crippen LogP contribution in [0.15, 0.2) is 24.3 Å². The summed E-state index contributed by atoms with van der Waals surface area (Å²) in [6.07, 6.45) is 4.55. The number of aryl methyl sites for hydroxylation is 1. The fourth-order valence-corrected chi connectivity index (χ4v) is 2.59. The van der Waals surface area contributed by atoms with E-state index in [0.717, 1.165) is 19.3 Å². The molecular weight excluding hydrogens is 243 g/mol. The Hall–Kier alpha value is -1.42. The van der Waals surface area contributed by atoms with E-state index in [0.29, 0.717) is 24.8 Å². The van der Waals surface area contributed by atoms with Crippen LogP contribution in [0.2, 0.25) is 0 Å². The number of carbonyl (C=O) groups excluding carboxylic acids is 1. The van der Waals surface area contributed by atoms with E-state index < -0.39 is 0 Å². The molecule has 2 atom stereocenters. The van der Waals surface area contributed by atoms with Crippen LogP contribution >= 0.6 is 0 Å². The smallest absolute Gasteiger partial charge is 0.220 e. The monoisotopic (exact) mass is 264 g/mol. The molecule has 1 saturated carbocycles. The second kappa shape index (κ2) is 6.66. The topological polar surface area (TPSA) is 55.1 Å². The maximum absolute atomic E-state index is 13.4. The molecule has 0 saturated heterocycles. The van der Waals surface area contributed by atoms with E-state index in [9.17, 15) is 9.18 Å². The summed E-state index contributed by atoms with van der Waals surface area (Å²) in [6, 6.07) is 7.17. The average Bonchev–Trinajstić information content (AvgIpc) is 2.77. The molecule has 1 aliphatic carbocycles. The molecule has 1 fully saturated rings. The highest BCUT2D eigenvalue weighted by Crippen LogP contribution is 2.17. The second-order valence-electron chi connectivity index (χ2n) is 5.28. The maximum Gasteiger partial charge on any atom is 0.220 e. The fraction of sp³-hybridized carbons (Fsp3) is 0.533. The van der Waals surface area contributed by atoms with Crippen LogP contribution in [0.3, 0.4) is 0 Å². The van der Waals surface area contributed by atoms with Crippen molar-refractivity contribution in [3.63, 3.8) is 0 Å². The Morgan fingerprint density at radius 1 is 1.37 bits per heavy atom. The molecule has 19 heavy (non-hydrogen) atoms. The quantitative estimate of drug-likeness (QED) is 0.856.